The third-order valence-electron chi connectivity index (χ3n) is 5.07. The molecule has 1 aromatic rings. The Kier molecular flexibility index (Phi) is 6.44. The van der Waals surface area contributed by atoms with Crippen molar-refractivity contribution >= 4 is 27.5 Å². The third kappa shape index (κ3) is 5.06. The van der Waals surface area contributed by atoms with E-state index in [-0.39, 0.29) is 16.7 Å². The highest BCUT2D eigenvalue weighted by Crippen LogP contribution is 2.38. The Morgan fingerprint density at radius 2 is 1.73 bits per heavy atom. The van der Waals surface area contributed by atoms with Crippen molar-refractivity contribution in [3.8, 4) is 0 Å². The van der Waals surface area contributed by atoms with Crippen LogP contribution in [0.3, 0.4) is 0 Å². The van der Waals surface area contributed by atoms with Crippen LogP contribution < -0.4 is 10.0 Å². The number of amides is 2. The molecule has 0 aliphatic heterocycles. The largest absolute Gasteiger partial charge is 0.326 e. The van der Waals surface area contributed by atoms with Gasteiger partial charge < -0.3 is 5.32 Å². The Balaban J connectivity index is 2.10. The first-order chi connectivity index (χ1) is 12.1. The molecule has 1 aromatic carbocycles. The number of hydrogen-bond donors (Lipinski definition) is 2. The van der Waals surface area contributed by atoms with Crippen molar-refractivity contribution in [2.45, 2.75) is 51.9 Å². The van der Waals surface area contributed by atoms with E-state index in [1.807, 2.05) is 4.72 Å². The number of anilines is 1. The van der Waals surface area contributed by atoms with Gasteiger partial charge in [-0.3, -0.25) is 9.59 Å². The lowest BCUT2D eigenvalue weighted by Gasteiger charge is -2.36. The number of carbonyl (C=O) groups excluding carboxylic acids is 2. The van der Waals surface area contributed by atoms with Crippen LogP contribution in [0.2, 0.25) is 0 Å². The van der Waals surface area contributed by atoms with Crippen LogP contribution in [0.25, 0.3) is 0 Å². The lowest BCUT2D eigenvalue weighted by molar-refractivity contribution is -0.124. The van der Waals surface area contributed by atoms with E-state index in [1.165, 1.54) is 12.1 Å². The second-order valence-corrected chi connectivity index (χ2v) is 9.29. The highest BCUT2D eigenvalue weighted by Gasteiger charge is 2.35. The molecule has 0 heterocycles. The van der Waals surface area contributed by atoms with Crippen LogP contribution in [0, 0.1) is 23.7 Å². The fourth-order valence-corrected chi connectivity index (χ4v) is 4.69. The zero-order chi connectivity index (χ0) is 19.5. The average Bonchev–Trinajstić information content (AvgIpc) is 2.53. The van der Waals surface area contributed by atoms with E-state index in [0.717, 1.165) is 26.2 Å². The highest BCUT2D eigenvalue weighted by atomic mass is 32.2. The van der Waals surface area contributed by atoms with E-state index in [1.54, 1.807) is 12.1 Å². The molecule has 1 saturated carbocycles. The molecule has 144 valence electrons. The second kappa shape index (κ2) is 8.20. The van der Waals surface area contributed by atoms with Crippen LogP contribution >= 0.6 is 0 Å². The number of carbonyl (C=O) groups is 2. The number of nitrogens with one attached hydrogen (secondary N) is 2. The average molecular weight is 381 g/mol. The molecule has 1 fully saturated rings. The molecule has 2 amide bonds. The van der Waals surface area contributed by atoms with Crippen molar-refractivity contribution in [3.05, 3.63) is 24.3 Å². The molecule has 0 spiro atoms. The second-order valence-electron chi connectivity index (χ2n) is 7.61. The highest BCUT2D eigenvalue weighted by molar-refractivity contribution is 7.90. The standard InChI is InChI=1S/C19H28N2O4S/c1-12(2)17-10-5-13(3)11-18(17)19(23)20-15-6-8-16(9-7-15)26(24,25)21-14(4)22/h6-9,12-13,17-18H,5,10-11H2,1-4H3,(H,20,23)(H,21,22)/t13-,17-,18-/m1/s1. The molecular formula is C19H28N2O4S. The van der Waals surface area contributed by atoms with Crippen LogP contribution in [0.5, 0.6) is 0 Å². The van der Waals surface area contributed by atoms with E-state index in [4.69, 9.17) is 0 Å². The van der Waals surface area contributed by atoms with Gasteiger partial charge >= 0.3 is 0 Å². The Bertz CT molecular complexity index is 756. The molecule has 2 rings (SSSR count). The van der Waals surface area contributed by atoms with Gasteiger partial charge in [0.2, 0.25) is 11.8 Å². The van der Waals surface area contributed by atoms with Gasteiger partial charge in [-0.25, -0.2) is 13.1 Å². The first kappa shape index (κ1) is 20.4. The molecule has 7 heteroatoms. The fourth-order valence-electron chi connectivity index (χ4n) is 3.70. The van der Waals surface area contributed by atoms with Gasteiger partial charge in [0.15, 0.2) is 0 Å². The SMILES string of the molecule is CC(=O)NS(=O)(=O)c1ccc(NC(=O)[C@@H]2C[C@H](C)CC[C@@H]2C(C)C)cc1. The topological polar surface area (TPSA) is 92.3 Å². The molecule has 26 heavy (non-hydrogen) atoms. The summed E-state index contributed by atoms with van der Waals surface area (Å²) in [6.45, 7) is 7.63. The number of rotatable bonds is 5. The first-order valence-corrected chi connectivity index (χ1v) is 10.5. The van der Waals surface area contributed by atoms with E-state index in [9.17, 15) is 18.0 Å². The molecule has 2 N–H and O–H groups in total. The summed E-state index contributed by atoms with van der Waals surface area (Å²) in [6, 6.07) is 5.85. The maximum atomic E-state index is 12.8. The smallest absolute Gasteiger partial charge is 0.264 e. The maximum absolute atomic E-state index is 12.8. The van der Waals surface area contributed by atoms with E-state index < -0.39 is 15.9 Å². The first-order valence-electron chi connectivity index (χ1n) is 9.04. The molecule has 1 aliphatic rings. The zero-order valence-corrected chi connectivity index (χ0v) is 16.6. The van der Waals surface area contributed by atoms with Crippen molar-refractivity contribution in [3.63, 3.8) is 0 Å². The summed E-state index contributed by atoms with van der Waals surface area (Å²) in [4.78, 5) is 23.7. The summed E-state index contributed by atoms with van der Waals surface area (Å²) in [6.07, 6.45) is 3.09. The molecule has 3 atom stereocenters. The van der Waals surface area contributed by atoms with Crippen LogP contribution in [-0.2, 0) is 19.6 Å². The van der Waals surface area contributed by atoms with Gasteiger partial charge in [0.1, 0.15) is 0 Å². The lowest BCUT2D eigenvalue weighted by atomic mass is 9.70. The molecule has 0 aromatic heterocycles. The van der Waals surface area contributed by atoms with Gasteiger partial charge in [0.05, 0.1) is 4.90 Å². The minimum atomic E-state index is -3.86. The normalized spacial score (nSPS) is 23.5. The van der Waals surface area contributed by atoms with Crippen molar-refractivity contribution in [1.82, 2.24) is 4.72 Å². The fraction of sp³-hybridized carbons (Fsp3) is 0.579. The van der Waals surface area contributed by atoms with Crippen molar-refractivity contribution in [2.24, 2.45) is 23.7 Å². The molecule has 0 bridgehead atoms. The van der Waals surface area contributed by atoms with Crippen LogP contribution in [0.1, 0.15) is 47.0 Å². The van der Waals surface area contributed by atoms with Crippen molar-refractivity contribution in [2.75, 3.05) is 5.32 Å². The summed E-state index contributed by atoms with van der Waals surface area (Å²) in [5, 5.41) is 2.92. The van der Waals surface area contributed by atoms with E-state index in [0.29, 0.717) is 23.4 Å². The van der Waals surface area contributed by atoms with Crippen LogP contribution in [0.15, 0.2) is 29.2 Å². The van der Waals surface area contributed by atoms with E-state index in [2.05, 4.69) is 26.1 Å². The Morgan fingerprint density at radius 3 is 2.27 bits per heavy atom. The monoisotopic (exact) mass is 380 g/mol. The molecule has 0 unspecified atom stereocenters. The minimum absolute atomic E-state index is 0.00674. The number of hydrogen-bond acceptors (Lipinski definition) is 4. The van der Waals surface area contributed by atoms with Gasteiger partial charge in [-0.05, 0) is 54.9 Å². The van der Waals surface area contributed by atoms with Crippen molar-refractivity contribution < 1.29 is 18.0 Å². The number of benzene rings is 1. The zero-order valence-electron chi connectivity index (χ0n) is 15.8. The number of sulfonamides is 1. The molecular weight excluding hydrogens is 352 g/mol. The van der Waals surface area contributed by atoms with E-state index >= 15 is 0 Å². The van der Waals surface area contributed by atoms with Crippen LogP contribution in [-0.4, -0.2) is 20.2 Å². The van der Waals surface area contributed by atoms with Gasteiger partial charge in [-0.15, -0.1) is 0 Å². The summed E-state index contributed by atoms with van der Waals surface area (Å²) in [5.74, 6) is 0.669. The summed E-state index contributed by atoms with van der Waals surface area (Å²) >= 11 is 0. The maximum Gasteiger partial charge on any atom is 0.264 e. The quantitative estimate of drug-likeness (QED) is 0.821. The molecule has 0 saturated heterocycles. The Morgan fingerprint density at radius 1 is 1.12 bits per heavy atom. The minimum Gasteiger partial charge on any atom is -0.326 e. The van der Waals surface area contributed by atoms with Gasteiger partial charge in [0.25, 0.3) is 10.0 Å². The molecule has 0 radical (unpaired) electrons. The van der Waals surface area contributed by atoms with Gasteiger partial charge in [0, 0.05) is 18.5 Å². The lowest BCUT2D eigenvalue weighted by Crippen LogP contribution is -2.36. The predicted molar refractivity (Wildman–Crippen MR) is 101 cm³/mol. The van der Waals surface area contributed by atoms with Crippen molar-refractivity contribution in [1.29, 1.82) is 0 Å². The Hall–Kier alpha value is -1.89. The summed E-state index contributed by atoms with van der Waals surface area (Å²) in [5.41, 5.74) is 0.553. The molecule has 1 aliphatic carbocycles. The van der Waals surface area contributed by atoms with Gasteiger partial charge in [-0.1, -0.05) is 27.2 Å². The summed E-state index contributed by atoms with van der Waals surface area (Å²) in [7, 11) is -3.86. The van der Waals surface area contributed by atoms with Gasteiger partial charge in [-0.2, -0.15) is 0 Å². The third-order valence-corrected chi connectivity index (χ3v) is 6.52. The Labute approximate surface area is 155 Å². The van der Waals surface area contributed by atoms with Crippen LogP contribution in [0.4, 0.5) is 5.69 Å². The molecule has 6 nitrogen and oxygen atoms in total. The predicted octanol–water partition coefficient (Wildman–Crippen LogP) is 3.16. The summed E-state index contributed by atoms with van der Waals surface area (Å²) < 4.78 is 25.8.